The highest BCUT2D eigenvalue weighted by molar-refractivity contribution is 9.11. The van der Waals surface area contributed by atoms with Gasteiger partial charge in [-0.2, -0.15) is 0 Å². The van der Waals surface area contributed by atoms with Crippen LogP contribution in [0.15, 0.2) is 23.3 Å². The van der Waals surface area contributed by atoms with Gasteiger partial charge in [0, 0.05) is 11.9 Å². The average molecular weight is 212 g/mol. The molecule has 0 saturated carbocycles. The molecule has 0 bridgehead atoms. The van der Waals surface area contributed by atoms with E-state index in [1.807, 2.05) is 31.1 Å². The van der Waals surface area contributed by atoms with Crippen molar-refractivity contribution in [2.75, 3.05) is 0 Å². The van der Waals surface area contributed by atoms with Gasteiger partial charge < -0.3 is 0 Å². The standard InChI is InChI=1S/C9H10BrN/c1-7(5-10)9-4-3-8(2)11-6-9/h3-6H,1-2H3/b7-5+. The van der Waals surface area contributed by atoms with Crippen LogP contribution in [0, 0.1) is 6.92 Å². The van der Waals surface area contributed by atoms with Crippen molar-refractivity contribution in [1.29, 1.82) is 0 Å². The molecule has 0 aromatic carbocycles. The minimum absolute atomic E-state index is 1.05. The SMILES string of the molecule is C/C(=C\Br)c1ccc(C)nc1. The van der Waals surface area contributed by atoms with Crippen LogP contribution in [0.4, 0.5) is 0 Å². The molecule has 0 unspecified atom stereocenters. The maximum Gasteiger partial charge on any atom is 0.0373 e. The zero-order chi connectivity index (χ0) is 8.27. The summed E-state index contributed by atoms with van der Waals surface area (Å²) in [5.74, 6) is 0. The molecular weight excluding hydrogens is 202 g/mol. The molecule has 0 saturated heterocycles. The second kappa shape index (κ2) is 3.67. The second-order valence-electron chi connectivity index (χ2n) is 2.48. The summed E-state index contributed by atoms with van der Waals surface area (Å²) in [5, 5.41) is 0. The van der Waals surface area contributed by atoms with Gasteiger partial charge >= 0.3 is 0 Å². The van der Waals surface area contributed by atoms with Gasteiger partial charge in [-0.1, -0.05) is 22.0 Å². The fraction of sp³-hybridized carbons (Fsp3) is 0.222. The average Bonchev–Trinajstić information content (AvgIpc) is 2.05. The van der Waals surface area contributed by atoms with E-state index in [1.165, 1.54) is 5.57 Å². The normalized spacial score (nSPS) is 11.7. The molecular formula is C9H10BrN. The van der Waals surface area contributed by atoms with Crippen molar-refractivity contribution in [3.05, 3.63) is 34.6 Å². The molecule has 0 fully saturated rings. The Morgan fingerprint density at radius 2 is 2.27 bits per heavy atom. The number of hydrogen-bond donors (Lipinski definition) is 0. The molecule has 0 amide bonds. The molecule has 0 spiro atoms. The molecule has 0 aliphatic carbocycles. The lowest BCUT2D eigenvalue weighted by Crippen LogP contribution is -1.83. The van der Waals surface area contributed by atoms with Crippen molar-refractivity contribution < 1.29 is 0 Å². The summed E-state index contributed by atoms with van der Waals surface area (Å²) >= 11 is 3.28. The van der Waals surface area contributed by atoms with Gasteiger partial charge in [0.25, 0.3) is 0 Å². The van der Waals surface area contributed by atoms with Crippen LogP contribution >= 0.6 is 15.9 Å². The molecule has 11 heavy (non-hydrogen) atoms. The van der Waals surface area contributed by atoms with Crippen molar-refractivity contribution >= 4 is 21.5 Å². The van der Waals surface area contributed by atoms with Crippen LogP contribution in [0.5, 0.6) is 0 Å². The number of aryl methyl sites for hydroxylation is 1. The van der Waals surface area contributed by atoms with Gasteiger partial charge in [-0.05, 0) is 36.0 Å². The Balaban J connectivity index is 2.99. The highest BCUT2D eigenvalue weighted by Gasteiger charge is 1.93. The lowest BCUT2D eigenvalue weighted by atomic mass is 10.1. The summed E-state index contributed by atoms with van der Waals surface area (Å²) in [6, 6.07) is 4.07. The van der Waals surface area contributed by atoms with Crippen molar-refractivity contribution in [3.63, 3.8) is 0 Å². The first-order valence-corrected chi connectivity index (χ1v) is 4.35. The van der Waals surface area contributed by atoms with Gasteiger partial charge in [-0.15, -0.1) is 0 Å². The minimum Gasteiger partial charge on any atom is -0.261 e. The first kappa shape index (κ1) is 8.47. The third-order valence-corrected chi connectivity index (χ3v) is 2.22. The molecule has 1 nitrogen and oxygen atoms in total. The minimum atomic E-state index is 1.05. The van der Waals surface area contributed by atoms with Crippen LogP contribution in [-0.4, -0.2) is 4.98 Å². The van der Waals surface area contributed by atoms with Gasteiger partial charge in [0.2, 0.25) is 0 Å². The van der Waals surface area contributed by atoms with Gasteiger partial charge in [0.1, 0.15) is 0 Å². The van der Waals surface area contributed by atoms with Crippen LogP contribution in [0.3, 0.4) is 0 Å². The molecule has 1 rings (SSSR count). The Morgan fingerprint density at radius 1 is 1.55 bits per heavy atom. The summed E-state index contributed by atoms with van der Waals surface area (Å²) < 4.78 is 0. The topological polar surface area (TPSA) is 12.9 Å². The molecule has 1 aromatic heterocycles. The van der Waals surface area contributed by atoms with Crippen LogP contribution in [0.2, 0.25) is 0 Å². The van der Waals surface area contributed by atoms with E-state index in [1.54, 1.807) is 0 Å². The molecule has 0 aliphatic rings. The van der Waals surface area contributed by atoms with Crippen molar-refractivity contribution in [3.8, 4) is 0 Å². The third kappa shape index (κ3) is 2.15. The van der Waals surface area contributed by atoms with Crippen LogP contribution < -0.4 is 0 Å². The van der Waals surface area contributed by atoms with Crippen LogP contribution in [-0.2, 0) is 0 Å². The number of nitrogens with zero attached hydrogens (tertiary/aromatic N) is 1. The Hall–Kier alpha value is -0.630. The Labute approximate surface area is 75.3 Å². The maximum absolute atomic E-state index is 4.19. The number of allylic oxidation sites excluding steroid dienone is 1. The first-order valence-electron chi connectivity index (χ1n) is 3.44. The zero-order valence-electron chi connectivity index (χ0n) is 6.63. The van der Waals surface area contributed by atoms with E-state index in [9.17, 15) is 0 Å². The lowest BCUT2D eigenvalue weighted by Gasteiger charge is -1.98. The number of pyridine rings is 1. The number of aromatic nitrogens is 1. The van der Waals surface area contributed by atoms with Gasteiger partial charge in [0.15, 0.2) is 0 Å². The monoisotopic (exact) mass is 211 g/mol. The summed E-state index contributed by atoms with van der Waals surface area (Å²) in [5.41, 5.74) is 3.40. The summed E-state index contributed by atoms with van der Waals surface area (Å²) in [6.45, 7) is 4.03. The number of halogens is 1. The molecule has 0 radical (unpaired) electrons. The summed E-state index contributed by atoms with van der Waals surface area (Å²) in [6.07, 6.45) is 1.88. The van der Waals surface area contributed by atoms with E-state index in [0.29, 0.717) is 0 Å². The van der Waals surface area contributed by atoms with E-state index >= 15 is 0 Å². The molecule has 1 heterocycles. The Morgan fingerprint density at radius 3 is 2.73 bits per heavy atom. The molecule has 58 valence electrons. The quantitative estimate of drug-likeness (QED) is 0.696. The van der Waals surface area contributed by atoms with E-state index < -0.39 is 0 Å². The number of hydrogen-bond acceptors (Lipinski definition) is 1. The van der Waals surface area contributed by atoms with E-state index in [4.69, 9.17) is 0 Å². The highest BCUT2D eigenvalue weighted by atomic mass is 79.9. The van der Waals surface area contributed by atoms with Crippen molar-refractivity contribution in [2.24, 2.45) is 0 Å². The van der Waals surface area contributed by atoms with E-state index in [2.05, 4.69) is 27.0 Å². The van der Waals surface area contributed by atoms with Crippen molar-refractivity contribution in [2.45, 2.75) is 13.8 Å². The Bertz CT molecular complexity index is 261. The molecule has 2 heteroatoms. The predicted molar refractivity (Wildman–Crippen MR) is 51.6 cm³/mol. The van der Waals surface area contributed by atoms with E-state index in [-0.39, 0.29) is 0 Å². The van der Waals surface area contributed by atoms with Crippen LogP contribution in [0.1, 0.15) is 18.2 Å². The van der Waals surface area contributed by atoms with Crippen LogP contribution in [0.25, 0.3) is 5.57 Å². The lowest BCUT2D eigenvalue weighted by molar-refractivity contribution is 1.19. The number of rotatable bonds is 1. The predicted octanol–water partition coefficient (Wildman–Crippen LogP) is 3.15. The summed E-state index contributed by atoms with van der Waals surface area (Å²) in [4.78, 5) is 6.09. The Kier molecular flexibility index (Phi) is 2.83. The molecule has 0 aliphatic heterocycles. The fourth-order valence-electron chi connectivity index (χ4n) is 0.764. The smallest absolute Gasteiger partial charge is 0.0373 e. The molecule has 0 atom stereocenters. The largest absolute Gasteiger partial charge is 0.261 e. The van der Waals surface area contributed by atoms with Gasteiger partial charge in [-0.3, -0.25) is 4.98 Å². The first-order chi connectivity index (χ1) is 5.24. The van der Waals surface area contributed by atoms with Crippen molar-refractivity contribution in [1.82, 2.24) is 4.98 Å². The fourth-order valence-corrected chi connectivity index (χ4v) is 1.03. The third-order valence-electron chi connectivity index (χ3n) is 1.53. The maximum atomic E-state index is 4.19. The van der Waals surface area contributed by atoms with E-state index in [0.717, 1.165) is 11.3 Å². The molecule has 1 aromatic rings. The molecule has 0 N–H and O–H groups in total. The van der Waals surface area contributed by atoms with Gasteiger partial charge in [-0.25, -0.2) is 0 Å². The zero-order valence-corrected chi connectivity index (χ0v) is 8.22. The second-order valence-corrected chi connectivity index (χ2v) is 2.94. The summed E-state index contributed by atoms with van der Waals surface area (Å²) in [7, 11) is 0. The highest BCUT2D eigenvalue weighted by Crippen LogP contribution is 2.13. The van der Waals surface area contributed by atoms with Gasteiger partial charge in [0.05, 0.1) is 0 Å².